The van der Waals surface area contributed by atoms with Gasteiger partial charge >= 0.3 is 0 Å². The third kappa shape index (κ3) is 4.32. The van der Waals surface area contributed by atoms with Crippen molar-refractivity contribution >= 4 is 5.91 Å². The average molecular weight is 334 g/mol. The number of hydrogen-bond acceptors (Lipinski definition) is 5. The maximum atomic E-state index is 12.0. The van der Waals surface area contributed by atoms with Crippen LogP contribution in [-0.2, 0) is 25.6 Å². The Labute approximate surface area is 143 Å². The van der Waals surface area contributed by atoms with Crippen molar-refractivity contribution in [3.63, 3.8) is 0 Å². The number of ether oxygens (including phenoxy) is 3. The first-order valence-corrected chi connectivity index (χ1v) is 8.71. The molecule has 0 saturated carbocycles. The van der Waals surface area contributed by atoms with Crippen molar-refractivity contribution in [1.82, 2.24) is 9.88 Å². The van der Waals surface area contributed by atoms with Crippen molar-refractivity contribution in [2.75, 3.05) is 32.9 Å². The number of carbonyl (C=O) groups excluding carboxylic acids is 1. The molecule has 1 aromatic heterocycles. The molecule has 1 spiro atoms. The van der Waals surface area contributed by atoms with Crippen LogP contribution in [0.3, 0.4) is 0 Å². The molecule has 0 bridgehead atoms. The number of piperidine rings is 1. The van der Waals surface area contributed by atoms with E-state index in [9.17, 15) is 4.79 Å². The fourth-order valence-corrected chi connectivity index (χ4v) is 3.40. The summed E-state index contributed by atoms with van der Waals surface area (Å²) in [6.45, 7) is 5.36. The van der Waals surface area contributed by atoms with Crippen LogP contribution in [0.1, 0.15) is 31.7 Å². The molecule has 2 aliphatic heterocycles. The molecule has 6 nitrogen and oxygen atoms in total. The lowest BCUT2D eigenvalue weighted by Crippen LogP contribution is -2.47. The van der Waals surface area contributed by atoms with Crippen molar-refractivity contribution in [2.24, 2.45) is 0 Å². The molecular formula is C18H26N2O4. The van der Waals surface area contributed by atoms with Crippen molar-refractivity contribution < 1.29 is 19.0 Å². The summed E-state index contributed by atoms with van der Waals surface area (Å²) in [5.41, 5.74) is 1.01. The lowest BCUT2D eigenvalue weighted by atomic mass is 9.88. The molecule has 1 unspecified atom stereocenters. The molecule has 0 radical (unpaired) electrons. The van der Waals surface area contributed by atoms with Gasteiger partial charge in [-0.25, -0.2) is 0 Å². The van der Waals surface area contributed by atoms with Crippen LogP contribution in [0.4, 0.5) is 0 Å². The lowest BCUT2D eigenvalue weighted by molar-refractivity contribution is -0.140. The second-order valence-electron chi connectivity index (χ2n) is 6.50. The Hall–Kier alpha value is -1.50. The zero-order valence-electron chi connectivity index (χ0n) is 14.3. The molecule has 1 amide bonds. The van der Waals surface area contributed by atoms with Gasteiger partial charge in [0.25, 0.3) is 0 Å². The van der Waals surface area contributed by atoms with Crippen LogP contribution in [0.5, 0.6) is 0 Å². The summed E-state index contributed by atoms with van der Waals surface area (Å²) in [5.74, 6) is 0.0789. The quantitative estimate of drug-likeness (QED) is 0.794. The zero-order valence-corrected chi connectivity index (χ0v) is 14.3. The predicted molar refractivity (Wildman–Crippen MR) is 88.4 cm³/mol. The number of carbonyl (C=O) groups is 1. The van der Waals surface area contributed by atoms with E-state index in [1.807, 2.05) is 24.0 Å². The normalized spacial score (nSPS) is 22.9. The van der Waals surface area contributed by atoms with Crippen LogP contribution < -0.4 is 0 Å². The first-order chi connectivity index (χ1) is 11.7. The van der Waals surface area contributed by atoms with Gasteiger partial charge in [-0.2, -0.15) is 0 Å². The van der Waals surface area contributed by atoms with Crippen LogP contribution in [-0.4, -0.2) is 60.4 Å². The smallest absolute Gasteiger partial charge is 0.248 e. The van der Waals surface area contributed by atoms with E-state index in [-0.39, 0.29) is 24.2 Å². The topological polar surface area (TPSA) is 60.9 Å². The van der Waals surface area contributed by atoms with Crippen molar-refractivity contribution in [3.05, 3.63) is 30.1 Å². The summed E-state index contributed by atoms with van der Waals surface area (Å²) in [5, 5.41) is 0. The SMILES string of the molecule is CCOCC(=O)N1CCC2(CC1)CC(OCc1ccncc1)CO2. The van der Waals surface area contributed by atoms with E-state index in [0.29, 0.717) is 19.8 Å². The highest BCUT2D eigenvalue weighted by Crippen LogP contribution is 2.37. The van der Waals surface area contributed by atoms with Gasteiger partial charge in [0.15, 0.2) is 0 Å². The van der Waals surface area contributed by atoms with E-state index in [4.69, 9.17) is 14.2 Å². The number of likely N-dealkylation sites (tertiary alicyclic amines) is 1. The van der Waals surface area contributed by atoms with Crippen molar-refractivity contribution in [1.29, 1.82) is 0 Å². The molecule has 2 aliphatic rings. The van der Waals surface area contributed by atoms with Crippen molar-refractivity contribution in [2.45, 2.75) is 44.5 Å². The van der Waals surface area contributed by atoms with Crippen LogP contribution in [0.2, 0.25) is 0 Å². The van der Waals surface area contributed by atoms with Gasteiger partial charge in [-0.05, 0) is 37.5 Å². The summed E-state index contributed by atoms with van der Waals surface area (Å²) >= 11 is 0. The van der Waals surface area contributed by atoms with E-state index in [0.717, 1.165) is 37.9 Å². The molecule has 1 aromatic rings. The third-order valence-corrected chi connectivity index (χ3v) is 4.87. The molecule has 2 saturated heterocycles. The Morgan fingerprint density at radius 3 is 2.83 bits per heavy atom. The monoisotopic (exact) mass is 334 g/mol. The number of rotatable bonds is 6. The number of pyridine rings is 1. The van der Waals surface area contributed by atoms with Crippen LogP contribution >= 0.6 is 0 Å². The number of hydrogen-bond donors (Lipinski definition) is 0. The minimum atomic E-state index is -0.120. The summed E-state index contributed by atoms with van der Waals surface area (Å²) < 4.78 is 17.3. The van der Waals surface area contributed by atoms with E-state index in [2.05, 4.69) is 4.98 Å². The molecule has 3 heterocycles. The van der Waals surface area contributed by atoms with Crippen LogP contribution in [0.25, 0.3) is 0 Å². The molecule has 1 atom stereocenters. The molecule has 0 aliphatic carbocycles. The largest absolute Gasteiger partial charge is 0.372 e. The maximum absolute atomic E-state index is 12.0. The van der Waals surface area contributed by atoms with Gasteiger partial charge in [-0.1, -0.05) is 0 Å². The van der Waals surface area contributed by atoms with Gasteiger partial charge < -0.3 is 19.1 Å². The molecule has 132 valence electrons. The fraction of sp³-hybridized carbons (Fsp3) is 0.667. The summed E-state index contributed by atoms with van der Waals surface area (Å²) in [4.78, 5) is 17.9. The minimum absolute atomic E-state index is 0.0789. The average Bonchev–Trinajstić information content (AvgIpc) is 3.02. The van der Waals surface area contributed by atoms with E-state index in [1.54, 1.807) is 12.4 Å². The standard InChI is InChI=1S/C18H26N2O4/c1-2-22-14-17(21)20-9-5-18(6-10-20)11-16(13-24-18)23-12-15-3-7-19-8-4-15/h3-4,7-8,16H,2,5-6,9-14H2,1H3. The fourth-order valence-electron chi connectivity index (χ4n) is 3.40. The molecule has 0 aromatic carbocycles. The highest BCUT2D eigenvalue weighted by Gasteiger charge is 2.43. The Morgan fingerprint density at radius 2 is 2.12 bits per heavy atom. The number of aromatic nitrogens is 1. The van der Waals surface area contributed by atoms with Crippen molar-refractivity contribution in [3.8, 4) is 0 Å². The zero-order chi connectivity index (χ0) is 16.8. The molecule has 3 rings (SSSR count). The predicted octanol–water partition coefficient (Wildman–Crippen LogP) is 1.78. The molecule has 2 fully saturated rings. The van der Waals surface area contributed by atoms with E-state index < -0.39 is 0 Å². The highest BCUT2D eigenvalue weighted by molar-refractivity contribution is 5.77. The van der Waals surface area contributed by atoms with Gasteiger partial charge in [0, 0.05) is 38.5 Å². The molecular weight excluding hydrogens is 308 g/mol. The lowest BCUT2D eigenvalue weighted by Gasteiger charge is -2.38. The maximum Gasteiger partial charge on any atom is 0.248 e. The van der Waals surface area contributed by atoms with Gasteiger partial charge in [-0.15, -0.1) is 0 Å². The summed E-state index contributed by atoms with van der Waals surface area (Å²) in [6, 6.07) is 3.93. The minimum Gasteiger partial charge on any atom is -0.372 e. The molecule has 6 heteroatoms. The van der Waals surface area contributed by atoms with E-state index >= 15 is 0 Å². The summed E-state index contributed by atoms with van der Waals surface area (Å²) in [7, 11) is 0. The second-order valence-corrected chi connectivity index (χ2v) is 6.50. The Kier molecular flexibility index (Phi) is 5.81. The van der Waals surface area contributed by atoms with E-state index in [1.165, 1.54) is 0 Å². The Balaban J connectivity index is 1.43. The van der Waals surface area contributed by atoms with Gasteiger partial charge in [0.2, 0.25) is 5.91 Å². The molecule has 0 N–H and O–H groups in total. The molecule has 24 heavy (non-hydrogen) atoms. The van der Waals surface area contributed by atoms with Gasteiger partial charge in [-0.3, -0.25) is 9.78 Å². The Bertz CT molecular complexity index is 529. The first kappa shape index (κ1) is 17.3. The number of nitrogens with zero attached hydrogens (tertiary/aromatic N) is 2. The van der Waals surface area contributed by atoms with Gasteiger partial charge in [0.05, 0.1) is 24.9 Å². The second kappa shape index (κ2) is 8.05. The Morgan fingerprint density at radius 1 is 1.38 bits per heavy atom. The highest BCUT2D eigenvalue weighted by atomic mass is 16.6. The van der Waals surface area contributed by atoms with Gasteiger partial charge in [0.1, 0.15) is 6.61 Å². The summed E-state index contributed by atoms with van der Waals surface area (Å²) in [6.07, 6.45) is 6.34. The van der Waals surface area contributed by atoms with Crippen LogP contribution in [0, 0.1) is 0 Å². The first-order valence-electron chi connectivity index (χ1n) is 8.71. The van der Waals surface area contributed by atoms with Crippen LogP contribution in [0.15, 0.2) is 24.5 Å². The number of amides is 1. The third-order valence-electron chi connectivity index (χ3n) is 4.87.